The van der Waals surface area contributed by atoms with Crippen LogP contribution in [-0.4, -0.2) is 39.9 Å². The summed E-state index contributed by atoms with van der Waals surface area (Å²) in [5.74, 6) is 0.873. The summed E-state index contributed by atoms with van der Waals surface area (Å²) in [5, 5.41) is 7.01. The van der Waals surface area contributed by atoms with Crippen molar-refractivity contribution in [2.75, 3.05) is 13.1 Å². The van der Waals surface area contributed by atoms with E-state index in [-0.39, 0.29) is 24.3 Å². The van der Waals surface area contributed by atoms with Gasteiger partial charge in [-0.3, -0.25) is 9.59 Å². The molecule has 1 atom stereocenters. The molecule has 2 aromatic carbocycles. The van der Waals surface area contributed by atoms with Crippen LogP contribution in [0.4, 0.5) is 0 Å². The van der Waals surface area contributed by atoms with Gasteiger partial charge >= 0.3 is 0 Å². The Labute approximate surface area is 181 Å². The van der Waals surface area contributed by atoms with Crippen LogP contribution in [0.2, 0.25) is 0 Å². The molecule has 4 rings (SSSR count). The molecule has 0 aliphatic carbocycles. The van der Waals surface area contributed by atoms with Crippen LogP contribution in [0, 0.1) is 0 Å². The molecule has 1 N–H and O–H groups in total. The summed E-state index contributed by atoms with van der Waals surface area (Å²) in [7, 11) is 0. The molecule has 1 unspecified atom stereocenters. The monoisotopic (exact) mass is 418 g/mol. The number of likely N-dealkylation sites (tertiary alicyclic amines) is 1. The second kappa shape index (κ2) is 10.0. The third-order valence-corrected chi connectivity index (χ3v) is 5.46. The number of hydrogen-bond acceptors (Lipinski definition) is 5. The number of aryl methyl sites for hydroxylation is 1. The molecule has 7 heteroatoms. The number of carbonyl (C=O) groups is 2. The maximum absolute atomic E-state index is 12.8. The topological polar surface area (TPSA) is 88.3 Å². The normalized spacial score (nSPS) is 15.7. The average molecular weight is 418 g/mol. The van der Waals surface area contributed by atoms with Crippen molar-refractivity contribution in [3.63, 3.8) is 0 Å². The Bertz CT molecular complexity index is 1000. The Morgan fingerprint density at radius 1 is 1.03 bits per heavy atom. The lowest BCUT2D eigenvalue weighted by Gasteiger charge is -2.22. The third kappa shape index (κ3) is 5.36. The van der Waals surface area contributed by atoms with Gasteiger partial charge in [0.1, 0.15) is 0 Å². The predicted molar refractivity (Wildman–Crippen MR) is 115 cm³/mol. The van der Waals surface area contributed by atoms with Crippen molar-refractivity contribution in [3.05, 3.63) is 83.5 Å². The molecule has 2 amide bonds. The number of rotatable bonds is 8. The van der Waals surface area contributed by atoms with Gasteiger partial charge in [-0.05, 0) is 37.0 Å². The molecule has 1 saturated heterocycles. The number of nitrogens with zero attached hydrogens (tertiary/aromatic N) is 3. The number of aromatic nitrogens is 2. The lowest BCUT2D eigenvalue weighted by atomic mass is 10.1. The fourth-order valence-electron chi connectivity index (χ4n) is 3.83. The first-order valence-corrected chi connectivity index (χ1v) is 10.7. The standard InChI is InChI=1S/C24H26N4O3/c29-21(25-16-15-18-8-3-1-4-9-18)13-14-22-26-23(27-31-22)20-12-7-17-28(20)24(30)19-10-5-2-6-11-19/h1-6,8-11,20H,7,12-17H2,(H,25,29). The first-order chi connectivity index (χ1) is 15.2. The highest BCUT2D eigenvalue weighted by molar-refractivity contribution is 5.94. The fourth-order valence-corrected chi connectivity index (χ4v) is 3.83. The van der Waals surface area contributed by atoms with E-state index in [4.69, 9.17) is 4.52 Å². The van der Waals surface area contributed by atoms with Crippen molar-refractivity contribution in [1.82, 2.24) is 20.4 Å². The Morgan fingerprint density at radius 2 is 1.77 bits per heavy atom. The molecule has 0 spiro atoms. The minimum atomic E-state index is -0.190. The molecule has 1 aromatic heterocycles. The molecule has 1 aliphatic heterocycles. The van der Waals surface area contributed by atoms with Crippen molar-refractivity contribution >= 4 is 11.8 Å². The van der Waals surface area contributed by atoms with E-state index < -0.39 is 0 Å². The molecular weight excluding hydrogens is 392 g/mol. The third-order valence-electron chi connectivity index (χ3n) is 5.46. The zero-order valence-corrected chi connectivity index (χ0v) is 17.4. The second-order valence-corrected chi connectivity index (χ2v) is 7.65. The van der Waals surface area contributed by atoms with Gasteiger partial charge < -0.3 is 14.7 Å². The molecule has 1 aliphatic rings. The van der Waals surface area contributed by atoms with Gasteiger partial charge in [0.25, 0.3) is 5.91 Å². The quantitative estimate of drug-likeness (QED) is 0.606. The first kappa shape index (κ1) is 20.8. The summed E-state index contributed by atoms with van der Waals surface area (Å²) in [6, 6.07) is 19.1. The smallest absolute Gasteiger partial charge is 0.254 e. The summed E-state index contributed by atoms with van der Waals surface area (Å²) in [6.45, 7) is 1.27. The van der Waals surface area contributed by atoms with Crippen molar-refractivity contribution in [3.8, 4) is 0 Å². The predicted octanol–water partition coefficient (Wildman–Crippen LogP) is 3.34. The van der Waals surface area contributed by atoms with Crippen molar-refractivity contribution in [2.45, 2.75) is 38.1 Å². The van der Waals surface area contributed by atoms with Crippen LogP contribution in [0.3, 0.4) is 0 Å². The molecule has 0 bridgehead atoms. The van der Waals surface area contributed by atoms with Crippen LogP contribution < -0.4 is 5.32 Å². The van der Waals surface area contributed by atoms with E-state index in [1.165, 1.54) is 5.56 Å². The zero-order valence-electron chi connectivity index (χ0n) is 17.4. The van der Waals surface area contributed by atoms with E-state index in [2.05, 4.69) is 15.5 Å². The van der Waals surface area contributed by atoms with E-state index in [1.807, 2.05) is 60.7 Å². The molecular formula is C24H26N4O3. The highest BCUT2D eigenvalue weighted by Crippen LogP contribution is 2.31. The Morgan fingerprint density at radius 3 is 2.55 bits per heavy atom. The van der Waals surface area contributed by atoms with Crippen LogP contribution in [0.1, 0.15) is 52.9 Å². The van der Waals surface area contributed by atoms with E-state index in [0.29, 0.717) is 36.8 Å². The van der Waals surface area contributed by atoms with Crippen LogP contribution in [0.15, 0.2) is 65.2 Å². The molecule has 1 fully saturated rings. The van der Waals surface area contributed by atoms with Gasteiger partial charge in [0.05, 0.1) is 6.04 Å². The van der Waals surface area contributed by atoms with Gasteiger partial charge in [0.15, 0.2) is 5.82 Å². The maximum Gasteiger partial charge on any atom is 0.254 e. The molecule has 2 heterocycles. The number of hydrogen-bond donors (Lipinski definition) is 1. The highest BCUT2D eigenvalue weighted by Gasteiger charge is 2.33. The van der Waals surface area contributed by atoms with Crippen molar-refractivity contribution < 1.29 is 14.1 Å². The molecule has 31 heavy (non-hydrogen) atoms. The van der Waals surface area contributed by atoms with Crippen LogP contribution in [-0.2, 0) is 17.6 Å². The Balaban J connectivity index is 1.27. The van der Waals surface area contributed by atoms with Crippen LogP contribution in [0.25, 0.3) is 0 Å². The fraction of sp³-hybridized carbons (Fsp3) is 0.333. The summed E-state index contributed by atoms with van der Waals surface area (Å²) in [6.07, 6.45) is 3.16. The molecule has 3 aromatic rings. The SMILES string of the molecule is O=C(CCc1nc(C2CCCN2C(=O)c2ccccc2)no1)NCCc1ccccc1. The molecule has 0 saturated carbocycles. The maximum atomic E-state index is 12.8. The van der Waals surface area contributed by atoms with Gasteiger partial charge in [-0.1, -0.05) is 53.7 Å². The number of benzene rings is 2. The van der Waals surface area contributed by atoms with E-state index in [0.717, 1.165) is 19.3 Å². The largest absolute Gasteiger partial charge is 0.356 e. The van der Waals surface area contributed by atoms with Gasteiger partial charge in [-0.25, -0.2) is 0 Å². The second-order valence-electron chi connectivity index (χ2n) is 7.65. The van der Waals surface area contributed by atoms with Gasteiger partial charge in [0.2, 0.25) is 11.8 Å². The molecule has 7 nitrogen and oxygen atoms in total. The number of nitrogens with one attached hydrogen (secondary N) is 1. The average Bonchev–Trinajstić information content (AvgIpc) is 3.48. The zero-order chi connectivity index (χ0) is 21.5. The van der Waals surface area contributed by atoms with Gasteiger partial charge in [0, 0.05) is 31.5 Å². The minimum Gasteiger partial charge on any atom is -0.356 e. The minimum absolute atomic E-state index is 0.0211. The van der Waals surface area contributed by atoms with E-state index in [9.17, 15) is 9.59 Å². The van der Waals surface area contributed by atoms with Gasteiger partial charge in [-0.15, -0.1) is 0 Å². The van der Waals surface area contributed by atoms with E-state index >= 15 is 0 Å². The molecule has 0 radical (unpaired) electrons. The first-order valence-electron chi connectivity index (χ1n) is 10.7. The molecule has 160 valence electrons. The lowest BCUT2D eigenvalue weighted by molar-refractivity contribution is -0.121. The number of amides is 2. The number of carbonyl (C=O) groups excluding carboxylic acids is 2. The Hall–Kier alpha value is -3.48. The van der Waals surface area contributed by atoms with Crippen LogP contribution >= 0.6 is 0 Å². The summed E-state index contributed by atoms with van der Waals surface area (Å²) < 4.78 is 5.36. The van der Waals surface area contributed by atoms with Crippen molar-refractivity contribution in [2.24, 2.45) is 0 Å². The van der Waals surface area contributed by atoms with E-state index in [1.54, 1.807) is 4.90 Å². The van der Waals surface area contributed by atoms with Gasteiger partial charge in [-0.2, -0.15) is 4.98 Å². The van der Waals surface area contributed by atoms with Crippen LogP contribution in [0.5, 0.6) is 0 Å². The Kier molecular flexibility index (Phi) is 6.72. The summed E-state index contributed by atoms with van der Waals surface area (Å²) in [5.41, 5.74) is 1.85. The van der Waals surface area contributed by atoms with Crippen molar-refractivity contribution in [1.29, 1.82) is 0 Å². The lowest BCUT2D eigenvalue weighted by Crippen LogP contribution is -2.31. The summed E-state index contributed by atoms with van der Waals surface area (Å²) in [4.78, 5) is 31.2. The summed E-state index contributed by atoms with van der Waals surface area (Å²) >= 11 is 0. The highest BCUT2D eigenvalue weighted by atomic mass is 16.5.